The Morgan fingerprint density at radius 1 is 1.06 bits per heavy atom. The molecule has 276 valence electrons. The highest BCUT2D eigenvalue weighted by molar-refractivity contribution is 14.1. The molecule has 3 N–H and O–H groups in total. The second-order valence-corrected chi connectivity index (χ2v) is 16.2. The van der Waals surface area contributed by atoms with Gasteiger partial charge in [0.05, 0.1) is 18.2 Å². The number of hydrogen-bond donors (Lipinski definition) is 3. The second kappa shape index (κ2) is 17.8. The van der Waals surface area contributed by atoms with Gasteiger partial charge in [0.25, 0.3) is 0 Å². The zero-order valence-corrected chi connectivity index (χ0v) is 33.8. The molecule has 8 heteroatoms. The summed E-state index contributed by atoms with van der Waals surface area (Å²) in [6, 6.07) is 25.3. The van der Waals surface area contributed by atoms with E-state index in [1.165, 1.54) is 11.1 Å². The highest BCUT2D eigenvalue weighted by atomic mass is 127. The van der Waals surface area contributed by atoms with E-state index in [4.69, 9.17) is 21.3 Å². The van der Waals surface area contributed by atoms with Gasteiger partial charge in [-0.2, -0.15) is 0 Å². The number of carbonyl (C=O) groups is 1. The summed E-state index contributed by atoms with van der Waals surface area (Å²) in [6.07, 6.45) is 9.80. The largest absolute Gasteiger partial charge is 0.511 e. The van der Waals surface area contributed by atoms with Crippen molar-refractivity contribution in [2.24, 2.45) is 16.3 Å². The van der Waals surface area contributed by atoms with Gasteiger partial charge in [0.1, 0.15) is 11.4 Å². The number of rotatable bonds is 15. The Bertz CT molecular complexity index is 1820. The monoisotopic (exact) mass is 834 g/mol. The van der Waals surface area contributed by atoms with Crippen LogP contribution in [0.3, 0.4) is 0 Å². The Kier molecular flexibility index (Phi) is 13.8. The second-order valence-electron chi connectivity index (χ2n) is 15.2. The van der Waals surface area contributed by atoms with Crippen LogP contribution in [0.2, 0.25) is 5.02 Å². The quantitative estimate of drug-likeness (QED) is 0.0466. The minimum atomic E-state index is -1.37. The molecular weight excluding hydrogens is 783 g/mol. The average Bonchev–Trinajstić information content (AvgIpc) is 3.58. The van der Waals surface area contributed by atoms with Crippen molar-refractivity contribution in [1.82, 2.24) is 3.53 Å². The van der Waals surface area contributed by atoms with Crippen molar-refractivity contribution < 1.29 is 19.7 Å². The van der Waals surface area contributed by atoms with Crippen LogP contribution in [0.1, 0.15) is 101 Å². The SMILES string of the molecule is CC/C=C/C1=CCC[C@H]1c1ccc(C(OC(O)C(CN=C(CC(C)C)C2=C(O)CC(C)(C)CC2=O)NI)(c2ccccc2)c2ccccc2Cl)cc1. The Morgan fingerprint density at radius 2 is 1.73 bits per heavy atom. The number of nitrogens with zero attached hydrogens (tertiary/aromatic N) is 1. The molecular formula is C44H52ClIN2O4. The van der Waals surface area contributed by atoms with Crippen LogP contribution >= 0.6 is 34.5 Å². The highest BCUT2D eigenvalue weighted by Gasteiger charge is 2.43. The number of aliphatic hydroxyl groups excluding tert-OH is 2. The molecule has 0 fully saturated rings. The van der Waals surface area contributed by atoms with Crippen molar-refractivity contribution in [2.75, 3.05) is 6.54 Å². The van der Waals surface area contributed by atoms with Crippen molar-refractivity contribution in [3.05, 3.63) is 141 Å². The van der Waals surface area contributed by atoms with E-state index in [9.17, 15) is 15.0 Å². The third-order valence-electron chi connectivity index (χ3n) is 9.94. The van der Waals surface area contributed by atoms with Crippen molar-refractivity contribution in [3.63, 3.8) is 0 Å². The number of nitrogens with one attached hydrogen (secondary N) is 1. The van der Waals surface area contributed by atoms with Crippen LogP contribution in [0.5, 0.6) is 0 Å². The van der Waals surface area contributed by atoms with Gasteiger partial charge in [-0.15, -0.1) is 0 Å². The number of aliphatic imine (C=N–C) groups is 1. The molecule has 0 radical (unpaired) electrons. The van der Waals surface area contributed by atoms with E-state index in [0.717, 1.165) is 30.4 Å². The maximum absolute atomic E-state index is 13.3. The molecule has 6 nitrogen and oxygen atoms in total. The lowest BCUT2D eigenvalue weighted by molar-refractivity contribution is -0.169. The molecule has 3 aromatic rings. The minimum absolute atomic E-state index is 0.0864. The first kappa shape index (κ1) is 40.1. The van der Waals surface area contributed by atoms with E-state index in [1.54, 1.807) is 0 Å². The van der Waals surface area contributed by atoms with Gasteiger partial charge in [0, 0.05) is 57.9 Å². The van der Waals surface area contributed by atoms with Crippen molar-refractivity contribution in [3.8, 4) is 0 Å². The van der Waals surface area contributed by atoms with Crippen LogP contribution < -0.4 is 3.53 Å². The number of ketones is 1. The van der Waals surface area contributed by atoms with Crippen molar-refractivity contribution in [2.45, 2.75) is 97.0 Å². The molecule has 3 aromatic carbocycles. The van der Waals surface area contributed by atoms with E-state index in [-0.39, 0.29) is 29.4 Å². The number of Topliss-reactive ketones (excluding diaryl/α,β-unsaturated/α-hetero) is 1. The Morgan fingerprint density at radius 3 is 2.37 bits per heavy atom. The van der Waals surface area contributed by atoms with Gasteiger partial charge in [-0.25, -0.2) is 0 Å². The van der Waals surface area contributed by atoms with E-state index in [1.807, 2.05) is 91.3 Å². The number of allylic oxidation sites excluding steroid dienone is 6. The van der Waals surface area contributed by atoms with Crippen LogP contribution in [0.25, 0.3) is 0 Å². The zero-order valence-electron chi connectivity index (χ0n) is 30.9. The lowest BCUT2D eigenvalue weighted by atomic mass is 9.75. The number of carbonyl (C=O) groups excluding carboxylic acids is 1. The molecule has 5 rings (SSSR count). The Labute approximate surface area is 328 Å². The van der Waals surface area contributed by atoms with Gasteiger partial charge in [0.15, 0.2) is 12.1 Å². The molecule has 0 amide bonds. The predicted octanol–water partition coefficient (Wildman–Crippen LogP) is 10.7. The summed E-state index contributed by atoms with van der Waals surface area (Å²) in [5.41, 5.74) is 4.17. The van der Waals surface area contributed by atoms with Gasteiger partial charge >= 0.3 is 0 Å². The normalized spacial score (nSPS) is 20.3. The molecule has 2 aliphatic carbocycles. The number of ether oxygens (including phenoxy) is 1. The number of benzene rings is 3. The summed E-state index contributed by atoms with van der Waals surface area (Å²) in [7, 11) is 0. The topological polar surface area (TPSA) is 91.2 Å². The first-order valence-electron chi connectivity index (χ1n) is 18.4. The smallest absolute Gasteiger partial charge is 0.174 e. The van der Waals surface area contributed by atoms with E-state index in [0.29, 0.717) is 47.1 Å². The number of aliphatic hydroxyl groups is 2. The summed E-state index contributed by atoms with van der Waals surface area (Å²) < 4.78 is 10.2. The summed E-state index contributed by atoms with van der Waals surface area (Å²) in [5, 5.41) is 23.7. The minimum Gasteiger partial charge on any atom is -0.511 e. The number of hydrogen-bond acceptors (Lipinski definition) is 6. The Hall–Kier alpha value is -3.08. The molecule has 0 aromatic heterocycles. The fourth-order valence-electron chi connectivity index (χ4n) is 7.47. The first-order valence-corrected chi connectivity index (χ1v) is 19.8. The molecule has 2 aliphatic rings. The standard InChI is InChI=1S/C44H52ClIN2O4/c1-6-7-14-30-15-13-18-34(30)31-21-23-33(24-22-31)44(32-16-9-8-10-17-32,35-19-11-12-20-36(35)45)52-42(51)38(48-46)28-47-37(25-29(2)3)41-39(49)26-43(4,5)27-40(41)50/h7-12,14-17,19-24,29,34,38,42,48-49,51H,6,13,18,25-28H2,1-5H3/b14-7+,47-37?/t34-,38?,42?,44?/m1/s1. The molecule has 0 aliphatic heterocycles. The third kappa shape index (κ3) is 9.16. The van der Waals surface area contributed by atoms with Crippen LogP contribution in [0.15, 0.2) is 119 Å². The number of halogens is 2. The van der Waals surface area contributed by atoms with Crippen molar-refractivity contribution in [1.29, 1.82) is 0 Å². The maximum atomic E-state index is 13.3. The zero-order chi connectivity index (χ0) is 37.5. The fourth-order valence-corrected chi connectivity index (χ4v) is 8.24. The van der Waals surface area contributed by atoms with Crippen LogP contribution in [0.4, 0.5) is 0 Å². The van der Waals surface area contributed by atoms with Gasteiger partial charge in [-0.05, 0) is 65.3 Å². The fraction of sp³-hybridized carbons (Fsp3) is 0.409. The molecule has 4 atom stereocenters. The van der Waals surface area contributed by atoms with Crippen molar-refractivity contribution >= 4 is 46.0 Å². The average molecular weight is 835 g/mol. The molecule has 0 heterocycles. The van der Waals surface area contributed by atoms with Gasteiger partial charge in [-0.3, -0.25) is 13.3 Å². The predicted molar refractivity (Wildman–Crippen MR) is 221 cm³/mol. The van der Waals surface area contributed by atoms with Gasteiger partial charge < -0.3 is 14.9 Å². The molecule has 0 saturated carbocycles. The lowest BCUT2D eigenvalue weighted by Crippen LogP contribution is -2.46. The van der Waals surface area contributed by atoms with E-state index in [2.05, 4.69) is 66.8 Å². The first-order chi connectivity index (χ1) is 24.9. The molecule has 3 unspecified atom stereocenters. The van der Waals surface area contributed by atoms with Gasteiger partial charge in [0.2, 0.25) is 0 Å². The van der Waals surface area contributed by atoms with Crippen LogP contribution in [-0.2, 0) is 15.1 Å². The molecule has 52 heavy (non-hydrogen) atoms. The highest BCUT2D eigenvalue weighted by Crippen LogP contribution is 2.46. The molecule has 0 bridgehead atoms. The van der Waals surface area contributed by atoms with Crippen LogP contribution in [-0.4, -0.2) is 40.6 Å². The molecule has 0 saturated heterocycles. The van der Waals surface area contributed by atoms with E-state index < -0.39 is 17.9 Å². The summed E-state index contributed by atoms with van der Waals surface area (Å²) in [4.78, 5) is 18.3. The third-order valence-corrected chi connectivity index (χ3v) is 11.1. The van der Waals surface area contributed by atoms with E-state index >= 15 is 0 Å². The molecule has 0 spiro atoms. The lowest BCUT2D eigenvalue weighted by Gasteiger charge is -2.39. The summed E-state index contributed by atoms with van der Waals surface area (Å²) in [5.74, 6) is 0.498. The Balaban J connectivity index is 1.56. The maximum Gasteiger partial charge on any atom is 0.174 e. The van der Waals surface area contributed by atoms with Crippen LogP contribution in [0, 0.1) is 11.3 Å². The van der Waals surface area contributed by atoms with Gasteiger partial charge in [-0.1, -0.05) is 137 Å². The summed E-state index contributed by atoms with van der Waals surface area (Å²) in [6.45, 7) is 10.4. The summed E-state index contributed by atoms with van der Waals surface area (Å²) >= 11 is 9.03.